The van der Waals surface area contributed by atoms with Crippen molar-refractivity contribution in [2.75, 3.05) is 4.90 Å². The van der Waals surface area contributed by atoms with Crippen LogP contribution in [-0.2, 0) is 0 Å². The summed E-state index contributed by atoms with van der Waals surface area (Å²) in [4.78, 5) is 2.32. The third kappa shape index (κ3) is 5.23. The Kier molecular flexibility index (Phi) is 7.62. The van der Waals surface area contributed by atoms with Gasteiger partial charge in [0.1, 0.15) is 0 Å². The molecule has 9 aromatic carbocycles. The van der Waals surface area contributed by atoms with Crippen LogP contribution in [0.2, 0.25) is 0 Å². The first-order valence-corrected chi connectivity index (χ1v) is 21.3. The molecule has 12 rings (SSSR count). The van der Waals surface area contributed by atoms with Gasteiger partial charge in [0.15, 0.2) is 0 Å². The minimum atomic E-state index is 1.11. The lowest BCUT2D eigenvalue weighted by Crippen LogP contribution is -2.09. The van der Waals surface area contributed by atoms with Gasteiger partial charge in [-0.25, -0.2) is 0 Å². The summed E-state index contributed by atoms with van der Waals surface area (Å²) in [5, 5.41) is 8.05. The molecule has 0 spiro atoms. The Hall–Kier alpha value is -6.98. The van der Waals surface area contributed by atoms with Crippen LogP contribution in [0.5, 0.6) is 0 Å². The van der Waals surface area contributed by atoms with Crippen molar-refractivity contribution in [3.63, 3.8) is 0 Å². The zero-order valence-electron chi connectivity index (χ0n) is 31.3. The molecule has 272 valence electrons. The summed E-state index contributed by atoms with van der Waals surface area (Å²) < 4.78 is 7.83. The molecule has 0 atom stereocenters. The summed E-state index contributed by atoms with van der Waals surface area (Å²) >= 11 is 3.81. The second-order valence-electron chi connectivity index (χ2n) is 14.9. The van der Waals surface area contributed by atoms with Crippen LogP contribution in [0.25, 0.3) is 90.1 Å². The zero-order valence-corrected chi connectivity index (χ0v) is 33.0. The smallest absolute Gasteiger partial charge is 0.0556 e. The molecule has 0 saturated carbocycles. The average Bonchev–Trinajstić information content (AvgIpc) is 3.97. The fraction of sp³-hybridized carbons (Fsp3) is 0. The van der Waals surface area contributed by atoms with Crippen LogP contribution in [0.15, 0.2) is 206 Å². The molecule has 3 aromatic heterocycles. The van der Waals surface area contributed by atoms with Crippen molar-refractivity contribution in [1.29, 1.82) is 0 Å². The number of thiophene rings is 2. The van der Waals surface area contributed by atoms with Crippen LogP contribution in [0, 0.1) is 0 Å². The van der Waals surface area contributed by atoms with Crippen LogP contribution in [0.1, 0.15) is 0 Å². The Morgan fingerprint density at radius 1 is 0.310 bits per heavy atom. The quantitative estimate of drug-likeness (QED) is 0.163. The van der Waals surface area contributed by atoms with Crippen LogP contribution >= 0.6 is 22.7 Å². The first kappa shape index (κ1) is 33.2. The molecule has 0 N–H and O–H groups in total. The Bertz CT molecular complexity index is 3470. The maximum atomic E-state index is 2.48. The summed E-state index contributed by atoms with van der Waals surface area (Å²) in [5.74, 6) is 0. The highest BCUT2D eigenvalue weighted by molar-refractivity contribution is 7.27. The maximum absolute atomic E-state index is 2.48. The maximum Gasteiger partial charge on any atom is 0.0556 e. The monoisotopic (exact) mass is 774 g/mol. The number of aromatic nitrogens is 1. The van der Waals surface area contributed by atoms with Gasteiger partial charge in [-0.1, -0.05) is 127 Å². The van der Waals surface area contributed by atoms with Crippen molar-refractivity contribution in [1.82, 2.24) is 4.57 Å². The number of hydrogen-bond acceptors (Lipinski definition) is 3. The second-order valence-corrected chi connectivity index (χ2v) is 17.0. The molecule has 0 bridgehead atoms. The van der Waals surface area contributed by atoms with E-state index >= 15 is 0 Å². The Morgan fingerprint density at radius 3 is 1.48 bits per heavy atom. The number of rotatable bonds is 6. The molecule has 0 aliphatic rings. The predicted octanol–water partition coefficient (Wildman–Crippen LogP) is 16.3. The standard InChI is InChI=1S/C54H34N2S2/c1-3-11-35(12-4-1)36-19-25-40(26-20-36)55(39-13-5-2-6-14-39)41-27-21-37(22-28-41)38-23-29-42(30-24-38)56-46-33-34-50-51(45-16-8-10-18-49(45)57-50)52(46)53-47(56)32-31-44-43-15-7-9-17-48(43)58-54(44)53/h1-34H. The van der Waals surface area contributed by atoms with Gasteiger partial charge in [0.25, 0.3) is 0 Å². The topological polar surface area (TPSA) is 8.17 Å². The molecular formula is C54H34N2S2. The van der Waals surface area contributed by atoms with Gasteiger partial charge >= 0.3 is 0 Å². The molecule has 3 heterocycles. The lowest BCUT2D eigenvalue weighted by Gasteiger charge is -2.26. The van der Waals surface area contributed by atoms with E-state index in [1.807, 2.05) is 22.7 Å². The van der Waals surface area contributed by atoms with Crippen molar-refractivity contribution in [2.45, 2.75) is 0 Å². The minimum absolute atomic E-state index is 1.11. The van der Waals surface area contributed by atoms with E-state index in [-0.39, 0.29) is 0 Å². The van der Waals surface area contributed by atoms with Crippen molar-refractivity contribution >= 4 is 102 Å². The average molecular weight is 775 g/mol. The first-order chi connectivity index (χ1) is 28.8. The molecular weight excluding hydrogens is 741 g/mol. The van der Waals surface area contributed by atoms with E-state index < -0.39 is 0 Å². The van der Waals surface area contributed by atoms with E-state index in [1.54, 1.807) is 0 Å². The summed E-state index contributed by atoms with van der Waals surface area (Å²) in [7, 11) is 0. The van der Waals surface area contributed by atoms with Crippen LogP contribution < -0.4 is 4.90 Å². The molecule has 0 aliphatic heterocycles. The zero-order chi connectivity index (χ0) is 38.2. The van der Waals surface area contributed by atoms with Gasteiger partial charge in [0.05, 0.1) is 11.0 Å². The highest BCUT2D eigenvalue weighted by Crippen LogP contribution is 2.48. The Balaban J connectivity index is 0.957. The fourth-order valence-electron chi connectivity index (χ4n) is 8.92. The molecule has 0 aliphatic carbocycles. The molecule has 0 unspecified atom stereocenters. The van der Waals surface area contributed by atoms with Gasteiger partial charge < -0.3 is 9.47 Å². The van der Waals surface area contributed by atoms with E-state index in [2.05, 4.69) is 216 Å². The van der Waals surface area contributed by atoms with Gasteiger partial charge in [0.2, 0.25) is 0 Å². The van der Waals surface area contributed by atoms with Crippen molar-refractivity contribution in [2.24, 2.45) is 0 Å². The van der Waals surface area contributed by atoms with Crippen molar-refractivity contribution < 1.29 is 0 Å². The molecule has 0 saturated heterocycles. The Morgan fingerprint density at radius 2 is 0.810 bits per heavy atom. The van der Waals surface area contributed by atoms with Crippen molar-refractivity contribution in [3.8, 4) is 27.9 Å². The predicted molar refractivity (Wildman–Crippen MR) is 252 cm³/mol. The normalized spacial score (nSPS) is 11.8. The van der Waals surface area contributed by atoms with E-state index in [1.165, 1.54) is 84.4 Å². The molecule has 2 nitrogen and oxygen atoms in total. The summed E-state index contributed by atoms with van der Waals surface area (Å²) in [6.45, 7) is 0. The third-order valence-corrected chi connectivity index (χ3v) is 13.9. The lowest BCUT2D eigenvalue weighted by molar-refractivity contribution is 1.18. The number of nitrogens with zero attached hydrogens (tertiary/aromatic N) is 2. The van der Waals surface area contributed by atoms with Gasteiger partial charge in [-0.2, -0.15) is 0 Å². The molecule has 0 amide bonds. The van der Waals surface area contributed by atoms with Gasteiger partial charge in [-0.15, -0.1) is 22.7 Å². The molecule has 0 fully saturated rings. The highest BCUT2D eigenvalue weighted by Gasteiger charge is 2.21. The molecule has 12 aromatic rings. The van der Waals surface area contributed by atoms with Crippen LogP contribution in [0.3, 0.4) is 0 Å². The van der Waals surface area contributed by atoms with Crippen molar-refractivity contribution in [3.05, 3.63) is 206 Å². The largest absolute Gasteiger partial charge is 0.311 e. The summed E-state index contributed by atoms with van der Waals surface area (Å²) in [6, 6.07) is 75.2. The molecule has 58 heavy (non-hydrogen) atoms. The summed E-state index contributed by atoms with van der Waals surface area (Å²) in [6.07, 6.45) is 0. The van der Waals surface area contributed by atoms with E-state index in [4.69, 9.17) is 0 Å². The number of fused-ring (bicyclic) bond motifs is 11. The highest BCUT2D eigenvalue weighted by atomic mass is 32.1. The first-order valence-electron chi connectivity index (χ1n) is 19.7. The SMILES string of the molecule is c1ccc(-c2ccc(N(c3ccccc3)c3ccc(-c4ccc(-n5c6ccc7c8ccccc8sc7c6c6c7c(ccc65)sc5ccccc57)cc4)cc3)cc2)cc1. The molecule has 4 heteroatoms. The van der Waals surface area contributed by atoms with E-state index in [0.717, 1.165) is 22.7 Å². The number of benzene rings is 9. The van der Waals surface area contributed by atoms with E-state index in [9.17, 15) is 0 Å². The van der Waals surface area contributed by atoms with Crippen LogP contribution in [0.4, 0.5) is 17.1 Å². The third-order valence-electron chi connectivity index (χ3n) is 11.6. The number of hydrogen-bond donors (Lipinski definition) is 0. The van der Waals surface area contributed by atoms with E-state index in [0.29, 0.717) is 0 Å². The second kappa shape index (κ2) is 13.3. The minimum Gasteiger partial charge on any atom is -0.311 e. The van der Waals surface area contributed by atoms with Gasteiger partial charge in [-0.05, 0) is 101 Å². The summed E-state index contributed by atoms with van der Waals surface area (Å²) in [5.41, 5.74) is 11.8. The number of anilines is 3. The Labute approximate surface area is 343 Å². The van der Waals surface area contributed by atoms with Crippen LogP contribution in [-0.4, -0.2) is 4.57 Å². The lowest BCUT2D eigenvalue weighted by atomic mass is 10.0. The van der Waals surface area contributed by atoms with Gasteiger partial charge in [0, 0.05) is 73.9 Å². The number of para-hydroxylation sites is 1. The van der Waals surface area contributed by atoms with Gasteiger partial charge in [-0.3, -0.25) is 0 Å². The molecule has 0 radical (unpaired) electrons. The fourth-order valence-corrected chi connectivity index (χ4v) is 11.3.